The lowest BCUT2D eigenvalue weighted by Gasteiger charge is -2.35. The number of terminal acetylenes is 1. The van der Waals surface area contributed by atoms with Crippen LogP contribution in [-0.2, 0) is 30.3 Å². The van der Waals surface area contributed by atoms with Crippen molar-refractivity contribution in [2.45, 2.75) is 97.2 Å². The summed E-state index contributed by atoms with van der Waals surface area (Å²) >= 11 is 0. The van der Waals surface area contributed by atoms with Crippen molar-refractivity contribution in [1.29, 1.82) is 0 Å². The van der Waals surface area contributed by atoms with E-state index in [2.05, 4.69) is 23.5 Å². The molecular formula is C36H49N3O7. The quantitative estimate of drug-likeness (QED) is 0.120. The molecule has 0 saturated heterocycles. The molecule has 2 rings (SSSR count). The third kappa shape index (κ3) is 12.8. The van der Waals surface area contributed by atoms with Crippen LogP contribution >= 0.6 is 0 Å². The van der Waals surface area contributed by atoms with Crippen LogP contribution in [0.15, 0.2) is 48.5 Å². The standard InChI is InChI=1S/C36H49N3O7/c1-7-10-11-12-15-24-39(32(29-17-14-13-16-27(29)8-2)33(42)37-23-22-31(41)45-9-3)34(43)30(38-35(44)46-36(4,5)6)25-26-18-20-28(40)21-19-26/h2,13-14,16-21,30,32,40H,7,9-12,15,22-25H2,1,3-6H3,(H,37,42)(H,38,44). The molecule has 10 heteroatoms. The van der Waals surface area contributed by atoms with Gasteiger partial charge in [-0.3, -0.25) is 14.4 Å². The minimum atomic E-state index is -1.16. The van der Waals surface area contributed by atoms with Crippen LogP contribution in [0.4, 0.5) is 4.79 Å². The molecule has 250 valence electrons. The van der Waals surface area contributed by atoms with E-state index < -0.39 is 41.6 Å². The number of nitrogens with zero attached hydrogens (tertiary/aromatic N) is 1. The van der Waals surface area contributed by atoms with Gasteiger partial charge in [-0.15, -0.1) is 6.42 Å². The lowest BCUT2D eigenvalue weighted by molar-refractivity contribution is -0.144. The number of nitrogens with one attached hydrogen (secondary N) is 2. The van der Waals surface area contributed by atoms with Gasteiger partial charge in [-0.1, -0.05) is 68.9 Å². The summed E-state index contributed by atoms with van der Waals surface area (Å²) in [7, 11) is 0. The number of hydrogen-bond acceptors (Lipinski definition) is 7. The van der Waals surface area contributed by atoms with Crippen LogP contribution in [0.25, 0.3) is 0 Å². The van der Waals surface area contributed by atoms with Crippen molar-refractivity contribution in [3.63, 3.8) is 0 Å². The number of carbonyl (C=O) groups excluding carboxylic acids is 4. The van der Waals surface area contributed by atoms with Gasteiger partial charge in [-0.25, -0.2) is 4.79 Å². The maximum atomic E-state index is 14.6. The Hall–Kier alpha value is -4.52. The molecule has 0 heterocycles. The Kier molecular flexibility index (Phi) is 15.6. The molecule has 0 aromatic heterocycles. The van der Waals surface area contributed by atoms with Crippen molar-refractivity contribution in [3.8, 4) is 18.1 Å². The van der Waals surface area contributed by atoms with Gasteiger partial charge < -0.3 is 30.1 Å². The van der Waals surface area contributed by atoms with Crippen LogP contribution in [0.2, 0.25) is 0 Å². The molecule has 0 saturated carbocycles. The van der Waals surface area contributed by atoms with Crippen LogP contribution in [0, 0.1) is 12.3 Å². The number of unbranched alkanes of at least 4 members (excludes halogenated alkanes) is 4. The maximum Gasteiger partial charge on any atom is 0.408 e. The fourth-order valence-electron chi connectivity index (χ4n) is 4.91. The Morgan fingerprint density at radius 1 is 0.978 bits per heavy atom. The largest absolute Gasteiger partial charge is 0.508 e. The number of alkyl carbamates (subject to hydrolysis) is 1. The first-order valence-electron chi connectivity index (χ1n) is 16.0. The lowest BCUT2D eigenvalue weighted by Crippen LogP contribution is -2.54. The molecule has 3 N–H and O–H groups in total. The van der Waals surface area contributed by atoms with Gasteiger partial charge >= 0.3 is 12.1 Å². The summed E-state index contributed by atoms with van der Waals surface area (Å²) in [5.74, 6) is 1.21. The SMILES string of the molecule is C#Cc1ccccc1C(C(=O)NCCC(=O)OCC)N(CCCCCCC)C(=O)C(Cc1ccc(O)cc1)NC(=O)OC(C)(C)C. The van der Waals surface area contributed by atoms with Gasteiger partial charge in [-0.2, -0.15) is 0 Å². The van der Waals surface area contributed by atoms with E-state index in [0.29, 0.717) is 23.1 Å². The van der Waals surface area contributed by atoms with Crippen LogP contribution in [0.1, 0.15) is 95.9 Å². The highest BCUT2D eigenvalue weighted by Gasteiger charge is 2.37. The number of benzene rings is 2. The van der Waals surface area contributed by atoms with Crippen molar-refractivity contribution in [1.82, 2.24) is 15.5 Å². The van der Waals surface area contributed by atoms with Crippen LogP contribution < -0.4 is 10.6 Å². The van der Waals surface area contributed by atoms with Crippen LogP contribution in [0.3, 0.4) is 0 Å². The molecule has 46 heavy (non-hydrogen) atoms. The van der Waals surface area contributed by atoms with E-state index in [4.69, 9.17) is 15.9 Å². The van der Waals surface area contributed by atoms with Crippen molar-refractivity contribution < 1.29 is 33.8 Å². The van der Waals surface area contributed by atoms with E-state index in [1.54, 1.807) is 64.1 Å². The minimum Gasteiger partial charge on any atom is -0.508 e. The summed E-state index contributed by atoms with van der Waals surface area (Å²) < 4.78 is 10.5. The average molecular weight is 636 g/mol. The lowest BCUT2D eigenvalue weighted by atomic mass is 9.96. The van der Waals surface area contributed by atoms with E-state index in [1.807, 2.05) is 0 Å². The molecule has 0 spiro atoms. The Labute approximate surface area is 273 Å². The number of aromatic hydroxyl groups is 1. The van der Waals surface area contributed by atoms with Crippen molar-refractivity contribution in [3.05, 3.63) is 65.2 Å². The third-order valence-corrected chi connectivity index (χ3v) is 7.06. The molecule has 2 aromatic carbocycles. The maximum absolute atomic E-state index is 14.6. The topological polar surface area (TPSA) is 134 Å². The zero-order valence-electron chi connectivity index (χ0n) is 27.8. The fourth-order valence-corrected chi connectivity index (χ4v) is 4.91. The number of phenols is 1. The van der Waals surface area contributed by atoms with Crippen LogP contribution in [0.5, 0.6) is 5.75 Å². The van der Waals surface area contributed by atoms with Gasteiger partial charge in [0.15, 0.2) is 0 Å². The third-order valence-electron chi connectivity index (χ3n) is 7.06. The Morgan fingerprint density at radius 2 is 1.65 bits per heavy atom. The summed E-state index contributed by atoms with van der Waals surface area (Å²) in [6.45, 7) is 9.40. The van der Waals surface area contributed by atoms with E-state index in [1.165, 1.54) is 17.0 Å². The first-order valence-corrected chi connectivity index (χ1v) is 16.0. The predicted octanol–water partition coefficient (Wildman–Crippen LogP) is 5.42. The molecule has 2 aromatic rings. The second-order valence-corrected chi connectivity index (χ2v) is 12.0. The molecular weight excluding hydrogens is 586 g/mol. The van der Waals surface area contributed by atoms with Gasteiger partial charge in [-0.05, 0) is 63.4 Å². The molecule has 10 nitrogen and oxygen atoms in total. The molecule has 0 fully saturated rings. The van der Waals surface area contributed by atoms with Crippen molar-refractivity contribution >= 4 is 23.9 Å². The minimum absolute atomic E-state index is 0.00197. The van der Waals surface area contributed by atoms with E-state index in [0.717, 1.165) is 25.7 Å². The van der Waals surface area contributed by atoms with E-state index >= 15 is 0 Å². The number of amides is 3. The number of esters is 1. The Bertz CT molecular complexity index is 1330. The molecule has 0 aliphatic heterocycles. The fraction of sp³-hybridized carbons (Fsp3) is 0.500. The number of carbonyl (C=O) groups is 4. The van der Waals surface area contributed by atoms with Crippen LogP contribution in [-0.4, -0.2) is 65.2 Å². The molecule has 3 amide bonds. The van der Waals surface area contributed by atoms with Crippen molar-refractivity contribution in [2.75, 3.05) is 19.7 Å². The number of ether oxygens (including phenoxy) is 2. The molecule has 2 unspecified atom stereocenters. The molecule has 2 atom stereocenters. The van der Waals surface area contributed by atoms with Gasteiger partial charge in [0.05, 0.1) is 13.0 Å². The average Bonchev–Trinajstić information content (AvgIpc) is 3.00. The monoisotopic (exact) mass is 635 g/mol. The normalized spacial score (nSPS) is 12.3. The van der Waals surface area contributed by atoms with E-state index in [9.17, 15) is 24.3 Å². The first-order chi connectivity index (χ1) is 21.9. The zero-order valence-corrected chi connectivity index (χ0v) is 27.8. The first kappa shape index (κ1) is 37.7. The smallest absolute Gasteiger partial charge is 0.408 e. The molecule has 0 aliphatic carbocycles. The number of rotatable bonds is 17. The second kappa shape index (κ2) is 19.1. The van der Waals surface area contributed by atoms with E-state index in [-0.39, 0.29) is 38.3 Å². The Morgan fingerprint density at radius 3 is 2.28 bits per heavy atom. The molecule has 0 bridgehead atoms. The van der Waals surface area contributed by atoms with Gasteiger partial charge in [0.25, 0.3) is 0 Å². The number of hydrogen-bond donors (Lipinski definition) is 3. The summed E-state index contributed by atoms with van der Waals surface area (Å²) in [5, 5.41) is 15.3. The summed E-state index contributed by atoms with van der Waals surface area (Å²) in [4.78, 5) is 55.1. The molecule has 0 radical (unpaired) electrons. The van der Waals surface area contributed by atoms with Gasteiger partial charge in [0.2, 0.25) is 11.8 Å². The second-order valence-electron chi connectivity index (χ2n) is 12.0. The molecule has 0 aliphatic rings. The predicted molar refractivity (Wildman–Crippen MR) is 177 cm³/mol. The number of phenolic OH excluding ortho intramolecular Hbond substituents is 1. The van der Waals surface area contributed by atoms with Gasteiger partial charge in [0, 0.05) is 25.1 Å². The Balaban J connectivity index is 2.58. The summed E-state index contributed by atoms with van der Waals surface area (Å²) in [5.41, 5.74) is 0.741. The van der Waals surface area contributed by atoms with Crippen molar-refractivity contribution in [2.24, 2.45) is 0 Å². The van der Waals surface area contributed by atoms with Gasteiger partial charge in [0.1, 0.15) is 23.4 Å². The highest BCUT2D eigenvalue weighted by Crippen LogP contribution is 2.27. The summed E-state index contributed by atoms with van der Waals surface area (Å²) in [6.07, 6.45) is 9.56. The summed E-state index contributed by atoms with van der Waals surface area (Å²) in [6, 6.07) is 10.9. The highest BCUT2D eigenvalue weighted by atomic mass is 16.6. The highest BCUT2D eigenvalue weighted by molar-refractivity contribution is 5.93. The zero-order chi connectivity index (χ0) is 34.1.